The molecule has 1 N–H and O–H groups in total. The van der Waals surface area contributed by atoms with Crippen LogP contribution >= 0.6 is 27.7 Å². The minimum atomic E-state index is -0.283. The second kappa shape index (κ2) is 11.0. The van der Waals surface area contributed by atoms with E-state index in [1.54, 1.807) is 0 Å². The normalized spacial score (nSPS) is 12.2. The first-order valence-corrected chi connectivity index (χ1v) is 12.4. The summed E-state index contributed by atoms with van der Waals surface area (Å²) in [6.07, 6.45) is -0.283. The number of carbonyl (C=O) groups excluding carboxylic acids is 1. The molecule has 0 saturated heterocycles. The summed E-state index contributed by atoms with van der Waals surface area (Å²) in [6.45, 7) is 10.4. The average Bonchev–Trinajstić information content (AvgIpc) is 3.17. The number of carbonyl (C=O) groups is 1. The van der Waals surface area contributed by atoms with Gasteiger partial charge in [0.2, 0.25) is 5.91 Å². The largest absolute Gasteiger partial charge is 0.482 e. The third kappa shape index (κ3) is 6.13. The van der Waals surface area contributed by atoms with Crippen LogP contribution in [0.2, 0.25) is 0 Å². The molecule has 8 heteroatoms. The lowest BCUT2D eigenvalue weighted by molar-refractivity contribution is -0.113. The van der Waals surface area contributed by atoms with Gasteiger partial charge in [-0.25, -0.2) is 0 Å². The zero-order chi connectivity index (χ0) is 23.3. The molecule has 1 aromatic heterocycles. The van der Waals surface area contributed by atoms with Crippen LogP contribution in [0.4, 0.5) is 5.69 Å². The van der Waals surface area contributed by atoms with E-state index >= 15 is 0 Å². The molecule has 3 aromatic rings. The van der Waals surface area contributed by atoms with Crippen LogP contribution in [0.15, 0.2) is 58.2 Å². The molecule has 1 atom stereocenters. The maximum absolute atomic E-state index is 12.4. The van der Waals surface area contributed by atoms with Gasteiger partial charge in [-0.05, 0) is 56.5 Å². The first kappa shape index (κ1) is 24.3. The van der Waals surface area contributed by atoms with E-state index in [1.807, 2.05) is 54.0 Å². The second-order valence-electron chi connectivity index (χ2n) is 8.10. The first-order valence-electron chi connectivity index (χ1n) is 10.6. The van der Waals surface area contributed by atoms with E-state index < -0.39 is 0 Å². The van der Waals surface area contributed by atoms with Gasteiger partial charge in [-0.3, -0.25) is 4.79 Å². The van der Waals surface area contributed by atoms with Crippen molar-refractivity contribution in [3.8, 4) is 5.75 Å². The van der Waals surface area contributed by atoms with Crippen molar-refractivity contribution in [2.75, 3.05) is 11.1 Å². The molecule has 32 heavy (non-hydrogen) atoms. The summed E-state index contributed by atoms with van der Waals surface area (Å²) in [6, 6.07) is 15.7. The van der Waals surface area contributed by atoms with Gasteiger partial charge in [0.25, 0.3) is 0 Å². The molecular formula is C24H29BrN4O2S. The molecule has 170 valence electrons. The van der Waals surface area contributed by atoms with E-state index in [0.29, 0.717) is 11.1 Å². The van der Waals surface area contributed by atoms with E-state index in [2.05, 4.69) is 65.2 Å². The number of aromatic nitrogens is 3. The van der Waals surface area contributed by atoms with Crippen molar-refractivity contribution in [3.05, 3.63) is 64.4 Å². The molecule has 1 unspecified atom stereocenters. The van der Waals surface area contributed by atoms with Crippen LogP contribution in [0.25, 0.3) is 0 Å². The number of benzene rings is 2. The van der Waals surface area contributed by atoms with Crippen LogP contribution in [0.5, 0.6) is 5.75 Å². The number of anilines is 1. The average molecular weight is 517 g/mol. The highest BCUT2D eigenvalue weighted by molar-refractivity contribution is 9.10. The van der Waals surface area contributed by atoms with Crippen molar-refractivity contribution in [2.24, 2.45) is 0 Å². The number of para-hydroxylation sites is 1. The number of rotatable bonds is 9. The minimum absolute atomic E-state index is 0.0943. The third-order valence-electron chi connectivity index (χ3n) is 4.86. The van der Waals surface area contributed by atoms with E-state index in [9.17, 15) is 4.79 Å². The van der Waals surface area contributed by atoms with E-state index in [1.165, 1.54) is 11.8 Å². The van der Waals surface area contributed by atoms with Crippen molar-refractivity contribution in [3.63, 3.8) is 0 Å². The summed E-state index contributed by atoms with van der Waals surface area (Å²) in [4.78, 5) is 12.4. The highest BCUT2D eigenvalue weighted by atomic mass is 79.9. The van der Waals surface area contributed by atoms with Gasteiger partial charge in [0.1, 0.15) is 5.75 Å². The Bertz CT molecular complexity index is 1070. The Hall–Kier alpha value is -2.32. The number of ether oxygens (including phenoxy) is 1. The van der Waals surface area contributed by atoms with Gasteiger partial charge in [-0.1, -0.05) is 65.8 Å². The maximum atomic E-state index is 12.4. The van der Waals surface area contributed by atoms with Crippen molar-refractivity contribution in [2.45, 2.75) is 57.8 Å². The van der Waals surface area contributed by atoms with Crippen LogP contribution in [0.3, 0.4) is 0 Å². The summed E-state index contributed by atoms with van der Waals surface area (Å²) in [5.41, 5.74) is 1.91. The molecule has 0 radical (unpaired) electrons. The van der Waals surface area contributed by atoms with Gasteiger partial charge in [0, 0.05) is 16.2 Å². The van der Waals surface area contributed by atoms with Crippen molar-refractivity contribution < 1.29 is 9.53 Å². The number of thioether (sulfide) groups is 1. The topological polar surface area (TPSA) is 69.0 Å². The predicted octanol–water partition coefficient (Wildman–Crippen LogP) is 6.62. The molecule has 1 amide bonds. The summed E-state index contributed by atoms with van der Waals surface area (Å²) in [5.74, 6) is 2.10. The molecule has 3 rings (SSSR count). The first-order chi connectivity index (χ1) is 15.3. The zero-order valence-corrected chi connectivity index (χ0v) is 21.4. The van der Waals surface area contributed by atoms with E-state index in [0.717, 1.165) is 27.3 Å². The Balaban J connectivity index is 1.72. The lowest BCUT2D eigenvalue weighted by Crippen LogP contribution is -2.17. The Morgan fingerprint density at radius 2 is 1.84 bits per heavy atom. The Labute approximate surface area is 202 Å². The Kier molecular flexibility index (Phi) is 8.37. The molecule has 0 aliphatic heterocycles. The van der Waals surface area contributed by atoms with Gasteiger partial charge in [0.05, 0.1) is 5.75 Å². The van der Waals surface area contributed by atoms with Gasteiger partial charge in [-0.15, -0.1) is 10.2 Å². The fourth-order valence-corrected chi connectivity index (χ4v) is 4.62. The predicted molar refractivity (Wildman–Crippen MR) is 133 cm³/mol. The summed E-state index contributed by atoms with van der Waals surface area (Å²) in [7, 11) is 0. The summed E-state index contributed by atoms with van der Waals surface area (Å²) < 4.78 is 9.25. The number of hydrogen-bond acceptors (Lipinski definition) is 5. The van der Waals surface area contributed by atoms with Crippen molar-refractivity contribution in [1.29, 1.82) is 0 Å². The quantitative estimate of drug-likeness (QED) is 0.323. The molecular weight excluding hydrogens is 488 g/mol. The number of nitrogens with one attached hydrogen (secondary N) is 1. The number of amides is 1. The summed E-state index contributed by atoms with van der Waals surface area (Å²) in [5, 5.41) is 12.4. The van der Waals surface area contributed by atoms with Crippen molar-refractivity contribution >= 4 is 39.3 Å². The molecule has 6 nitrogen and oxygen atoms in total. The van der Waals surface area contributed by atoms with Crippen LogP contribution in [0, 0.1) is 0 Å². The molecule has 0 fully saturated rings. The van der Waals surface area contributed by atoms with E-state index in [4.69, 9.17) is 4.74 Å². The van der Waals surface area contributed by atoms with Gasteiger partial charge in [0.15, 0.2) is 17.1 Å². The van der Waals surface area contributed by atoms with Gasteiger partial charge >= 0.3 is 0 Å². The van der Waals surface area contributed by atoms with Crippen LogP contribution < -0.4 is 10.1 Å². The lowest BCUT2D eigenvalue weighted by Gasteiger charge is -2.21. The molecule has 2 aromatic carbocycles. The molecule has 0 aliphatic carbocycles. The summed E-state index contributed by atoms with van der Waals surface area (Å²) >= 11 is 4.78. The molecule has 0 aliphatic rings. The minimum Gasteiger partial charge on any atom is -0.482 e. The smallest absolute Gasteiger partial charge is 0.234 e. The van der Waals surface area contributed by atoms with Crippen LogP contribution in [-0.4, -0.2) is 26.4 Å². The number of halogens is 1. The van der Waals surface area contributed by atoms with Gasteiger partial charge < -0.3 is 14.6 Å². The maximum Gasteiger partial charge on any atom is 0.234 e. The highest BCUT2D eigenvalue weighted by Crippen LogP contribution is 2.32. The number of hydrogen-bond donors (Lipinski definition) is 1. The third-order valence-corrected chi connectivity index (χ3v) is 6.29. The van der Waals surface area contributed by atoms with E-state index in [-0.39, 0.29) is 23.8 Å². The standard InChI is InChI=1S/C24H29BrN4O2S/c1-15(2)20-11-6-7-12-21(20)31-17(5)23-27-28-24(29(23)16(3)4)32-14-22(30)26-19-10-8-9-18(25)13-19/h6-13,15-17H,14H2,1-5H3,(H,26,30). The van der Waals surface area contributed by atoms with Crippen LogP contribution in [-0.2, 0) is 4.79 Å². The Morgan fingerprint density at radius 1 is 1.09 bits per heavy atom. The Morgan fingerprint density at radius 3 is 2.53 bits per heavy atom. The SMILES string of the molecule is CC(C)c1ccccc1OC(C)c1nnc(SCC(=O)Nc2cccc(Br)c2)n1C(C)C. The van der Waals surface area contributed by atoms with Crippen molar-refractivity contribution in [1.82, 2.24) is 14.8 Å². The molecule has 1 heterocycles. The zero-order valence-electron chi connectivity index (χ0n) is 19.0. The molecule has 0 saturated carbocycles. The monoisotopic (exact) mass is 516 g/mol. The highest BCUT2D eigenvalue weighted by Gasteiger charge is 2.23. The number of nitrogens with zero attached hydrogens (tertiary/aromatic N) is 3. The lowest BCUT2D eigenvalue weighted by atomic mass is 10.0. The molecule has 0 spiro atoms. The second-order valence-corrected chi connectivity index (χ2v) is 9.96. The molecule has 0 bridgehead atoms. The van der Waals surface area contributed by atoms with Gasteiger partial charge in [-0.2, -0.15) is 0 Å². The van der Waals surface area contributed by atoms with Crippen LogP contribution in [0.1, 0.15) is 64.1 Å². The fraction of sp³-hybridized carbons (Fsp3) is 0.375. The fourth-order valence-electron chi connectivity index (χ4n) is 3.35.